The maximum atomic E-state index is 4.50. The first-order chi connectivity index (χ1) is 5.41. The van der Waals surface area contributed by atoms with Gasteiger partial charge in [0.25, 0.3) is 0 Å². The lowest BCUT2D eigenvalue weighted by Crippen LogP contribution is -2.61. The third-order valence-corrected chi connectivity index (χ3v) is 2.66. The van der Waals surface area contributed by atoms with Gasteiger partial charge in [-0.2, -0.15) is 0 Å². The second-order valence-electron chi connectivity index (χ2n) is 3.21. The minimum absolute atomic E-state index is 0.589. The van der Waals surface area contributed by atoms with Gasteiger partial charge < -0.3 is 16.4 Å². The maximum absolute atomic E-state index is 4.50. The SMILES string of the molecule is C1CC2(CCN1)CCN2.CN. The minimum atomic E-state index is 0.589. The standard InChI is InChI=1S/C7H14N2.CH5N/c1-4-8-5-2-7(1)3-6-9-7;1-2/h8-9H,1-6H2;2H2,1H3. The Bertz CT molecular complexity index is 102. The maximum Gasteiger partial charge on any atom is 0.0217 e. The van der Waals surface area contributed by atoms with Crippen LogP contribution >= 0.6 is 0 Å². The first kappa shape index (κ1) is 8.97. The highest BCUT2D eigenvalue weighted by molar-refractivity contribution is 4.99. The lowest BCUT2D eigenvalue weighted by molar-refractivity contribution is 0.153. The van der Waals surface area contributed by atoms with Crippen LogP contribution in [0.3, 0.4) is 0 Å². The van der Waals surface area contributed by atoms with Crippen LogP contribution in [0.15, 0.2) is 0 Å². The van der Waals surface area contributed by atoms with Crippen LogP contribution in [-0.2, 0) is 0 Å². The van der Waals surface area contributed by atoms with Gasteiger partial charge >= 0.3 is 0 Å². The van der Waals surface area contributed by atoms with Gasteiger partial charge in [0.15, 0.2) is 0 Å². The van der Waals surface area contributed by atoms with E-state index >= 15 is 0 Å². The van der Waals surface area contributed by atoms with Crippen LogP contribution in [0.5, 0.6) is 0 Å². The molecule has 3 heteroatoms. The molecule has 0 amide bonds. The van der Waals surface area contributed by atoms with Gasteiger partial charge in [0.1, 0.15) is 0 Å². The van der Waals surface area contributed by atoms with Crippen molar-refractivity contribution in [1.29, 1.82) is 0 Å². The van der Waals surface area contributed by atoms with Crippen molar-refractivity contribution in [2.75, 3.05) is 26.7 Å². The minimum Gasteiger partial charge on any atom is -0.333 e. The first-order valence-electron chi connectivity index (χ1n) is 4.45. The number of hydrogen-bond donors (Lipinski definition) is 3. The van der Waals surface area contributed by atoms with Gasteiger partial charge in [0, 0.05) is 5.54 Å². The van der Waals surface area contributed by atoms with Crippen molar-refractivity contribution in [2.24, 2.45) is 5.73 Å². The molecular weight excluding hydrogens is 138 g/mol. The van der Waals surface area contributed by atoms with E-state index in [0.29, 0.717) is 5.54 Å². The van der Waals surface area contributed by atoms with Crippen molar-refractivity contribution in [3.63, 3.8) is 0 Å². The summed E-state index contributed by atoms with van der Waals surface area (Å²) in [5.74, 6) is 0. The Hall–Kier alpha value is -0.120. The molecule has 0 aromatic heterocycles. The fourth-order valence-corrected chi connectivity index (χ4v) is 1.81. The fourth-order valence-electron chi connectivity index (χ4n) is 1.81. The average Bonchev–Trinajstić information content (AvgIpc) is 2.07. The topological polar surface area (TPSA) is 50.1 Å². The lowest BCUT2D eigenvalue weighted by Gasteiger charge is -2.46. The van der Waals surface area contributed by atoms with E-state index in [1.54, 1.807) is 0 Å². The molecular formula is C8H19N3. The van der Waals surface area contributed by atoms with Crippen molar-refractivity contribution in [2.45, 2.75) is 24.8 Å². The van der Waals surface area contributed by atoms with Crippen LogP contribution in [-0.4, -0.2) is 32.2 Å². The zero-order valence-electron chi connectivity index (χ0n) is 7.32. The third-order valence-electron chi connectivity index (χ3n) is 2.66. The summed E-state index contributed by atoms with van der Waals surface area (Å²) in [5.41, 5.74) is 5.09. The molecule has 2 aliphatic heterocycles. The summed E-state index contributed by atoms with van der Waals surface area (Å²) in [5, 5.41) is 6.89. The molecule has 0 aromatic rings. The fraction of sp³-hybridized carbons (Fsp3) is 1.00. The van der Waals surface area contributed by atoms with Crippen molar-refractivity contribution in [3.8, 4) is 0 Å². The molecule has 2 fully saturated rings. The molecule has 0 aliphatic carbocycles. The predicted molar refractivity (Wildman–Crippen MR) is 47.6 cm³/mol. The third kappa shape index (κ3) is 1.92. The number of nitrogens with two attached hydrogens (primary N) is 1. The molecule has 0 radical (unpaired) electrons. The monoisotopic (exact) mass is 157 g/mol. The van der Waals surface area contributed by atoms with Gasteiger partial charge in [0.2, 0.25) is 0 Å². The van der Waals surface area contributed by atoms with E-state index in [9.17, 15) is 0 Å². The van der Waals surface area contributed by atoms with E-state index in [-0.39, 0.29) is 0 Å². The Morgan fingerprint density at radius 3 is 1.82 bits per heavy atom. The summed E-state index contributed by atoms with van der Waals surface area (Å²) >= 11 is 0. The highest BCUT2D eigenvalue weighted by Gasteiger charge is 2.36. The van der Waals surface area contributed by atoms with E-state index in [1.807, 2.05) is 0 Å². The molecule has 0 unspecified atom stereocenters. The van der Waals surface area contributed by atoms with Crippen LogP contribution in [0.2, 0.25) is 0 Å². The lowest BCUT2D eigenvalue weighted by atomic mass is 9.80. The van der Waals surface area contributed by atoms with Crippen molar-refractivity contribution in [3.05, 3.63) is 0 Å². The largest absolute Gasteiger partial charge is 0.333 e. The summed E-state index contributed by atoms with van der Waals surface area (Å²) in [6.07, 6.45) is 4.09. The molecule has 0 aromatic carbocycles. The van der Waals surface area contributed by atoms with Crippen LogP contribution in [0.4, 0.5) is 0 Å². The molecule has 66 valence electrons. The Kier molecular flexibility index (Phi) is 3.30. The Labute approximate surface area is 68.7 Å². The summed E-state index contributed by atoms with van der Waals surface area (Å²) < 4.78 is 0. The van der Waals surface area contributed by atoms with Gasteiger partial charge in [-0.05, 0) is 45.9 Å². The zero-order chi connectivity index (χ0) is 8.16. The highest BCUT2D eigenvalue weighted by Crippen LogP contribution is 2.27. The van der Waals surface area contributed by atoms with Gasteiger partial charge in [-0.3, -0.25) is 0 Å². The zero-order valence-corrected chi connectivity index (χ0v) is 7.32. The number of piperidine rings is 1. The first-order valence-corrected chi connectivity index (χ1v) is 4.45. The Morgan fingerprint density at radius 2 is 1.55 bits per heavy atom. The number of hydrogen-bond acceptors (Lipinski definition) is 3. The predicted octanol–water partition coefficient (Wildman–Crippen LogP) is -0.323. The van der Waals surface area contributed by atoms with Crippen molar-refractivity contribution >= 4 is 0 Å². The van der Waals surface area contributed by atoms with E-state index in [4.69, 9.17) is 0 Å². The number of rotatable bonds is 0. The molecule has 2 heterocycles. The summed E-state index contributed by atoms with van der Waals surface area (Å²) in [4.78, 5) is 0. The average molecular weight is 157 g/mol. The quantitative estimate of drug-likeness (QED) is 0.451. The van der Waals surface area contributed by atoms with E-state index in [1.165, 1.54) is 45.9 Å². The molecule has 3 nitrogen and oxygen atoms in total. The smallest absolute Gasteiger partial charge is 0.0217 e. The molecule has 0 bridgehead atoms. The summed E-state index contributed by atoms with van der Waals surface area (Å²) in [7, 11) is 1.50. The van der Waals surface area contributed by atoms with Crippen LogP contribution in [0.25, 0.3) is 0 Å². The Morgan fingerprint density at radius 1 is 1.00 bits per heavy atom. The molecule has 2 aliphatic rings. The normalized spacial score (nSPS) is 26.7. The van der Waals surface area contributed by atoms with E-state index in [2.05, 4.69) is 16.4 Å². The van der Waals surface area contributed by atoms with Gasteiger partial charge in [-0.25, -0.2) is 0 Å². The van der Waals surface area contributed by atoms with E-state index < -0.39 is 0 Å². The van der Waals surface area contributed by atoms with Gasteiger partial charge in [-0.1, -0.05) is 0 Å². The summed E-state index contributed by atoms with van der Waals surface area (Å²) in [6.45, 7) is 3.68. The molecule has 11 heavy (non-hydrogen) atoms. The Balaban J connectivity index is 0.000000281. The molecule has 1 spiro atoms. The van der Waals surface area contributed by atoms with E-state index in [0.717, 1.165) is 0 Å². The van der Waals surface area contributed by atoms with Crippen molar-refractivity contribution in [1.82, 2.24) is 10.6 Å². The molecule has 2 saturated heterocycles. The molecule has 0 saturated carbocycles. The van der Waals surface area contributed by atoms with Crippen LogP contribution in [0.1, 0.15) is 19.3 Å². The number of nitrogens with one attached hydrogen (secondary N) is 2. The van der Waals surface area contributed by atoms with Gasteiger partial charge in [-0.15, -0.1) is 0 Å². The second-order valence-corrected chi connectivity index (χ2v) is 3.21. The van der Waals surface area contributed by atoms with Crippen LogP contribution < -0.4 is 16.4 Å². The van der Waals surface area contributed by atoms with Crippen LogP contribution in [0, 0.1) is 0 Å². The summed E-state index contributed by atoms with van der Waals surface area (Å²) in [6, 6.07) is 0. The van der Waals surface area contributed by atoms with Crippen molar-refractivity contribution < 1.29 is 0 Å². The molecule has 4 N–H and O–H groups in total. The highest BCUT2D eigenvalue weighted by atomic mass is 15.1. The molecule has 0 atom stereocenters. The van der Waals surface area contributed by atoms with Gasteiger partial charge in [0.05, 0.1) is 0 Å². The second kappa shape index (κ2) is 4.04. The molecule has 2 rings (SSSR count).